The van der Waals surface area contributed by atoms with E-state index in [1.165, 1.54) is 5.56 Å². The second kappa shape index (κ2) is 7.21. The maximum Gasteiger partial charge on any atom is 0.410 e. The first kappa shape index (κ1) is 17.6. The number of rotatable bonds is 2. The zero-order chi connectivity index (χ0) is 17.0. The fourth-order valence-corrected chi connectivity index (χ4v) is 2.82. The Kier molecular flexibility index (Phi) is 5.52. The molecule has 0 aromatic heterocycles. The van der Waals surface area contributed by atoms with E-state index in [9.17, 15) is 4.79 Å². The Bertz CT molecular complexity index is 522. The highest BCUT2D eigenvalue weighted by Crippen LogP contribution is 2.23. The molecule has 1 atom stereocenters. The summed E-state index contributed by atoms with van der Waals surface area (Å²) in [7, 11) is 0. The molecule has 1 aromatic carbocycles. The molecule has 5 nitrogen and oxygen atoms in total. The molecule has 1 aromatic rings. The third kappa shape index (κ3) is 5.13. The Morgan fingerprint density at radius 2 is 1.78 bits per heavy atom. The number of anilines is 1. The standard InChI is InChI=1S/C18H29N3O2/c1-14(15-6-8-16(19)9-7-15)20-10-5-11-21(13-12-20)17(22)23-18(2,3)4/h6-9,14H,5,10-13,19H2,1-4H3. The van der Waals surface area contributed by atoms with E-state index < -0.39 is 5.60 Å². The average molecular weight is 319 g/mol. The molecule has 5 heteroatoms. The molecule has 1 fully saturated rings. The van der Waals surface area contributed by atoms with E-state index in [1.54, 1.807) is 0 Å². The van der Waals surface area contributed by atoms with Crippen LogP contribution in [0, 0.1) is 0 Å². The number of carbonyl (C=O) groups excluding carboxylic acids is 1. The van der Waals surface area contributed by atoms with E-state index in [2.05, 4.69) is 24.0 Å². The van der Waals surface area contributed by atoms with Gasteiger partial charge in [-0.25, -0.2) is 4.79 Å². The van der Waals surface area contributed by atoms with Crippen molar-refractivity contribution in [3.63, 3.8) is 0 Å². The summed E-state index contributed by atoms with van der Waals surface area (Å²) in [6, 6.07) is 8.36. The van der Waals surface area contributed by atoms with Crippen LogP contribution in [-0.2, 0) is 4.74 Å². The van der Waals surface area contributed by atoms with Crippen LogP contribution in [0.1, 0.15) is 45.7 Å². The van der Waals surface area contributed by atoms with Crippen LogP contribution >= 0.6 is 0 Å². The molecule has 23 heavy (non-hydrogen) atoms. The van der Waals surface area contributed by atoms with Gasteiger partial charge < -0.3 is 15.4 Å². The monoisotopic (exact) mass is 319 g/mol. The van der Waals surface area contributed by atoms with Crippen molar-refractivity contribution in [2.75, 3.05) is 31.9 Å². The summed E-state index contributed by atoms with van der Waals surface area (Å²) in [5.74, 6) is 0. The van der Waals surface area contributed by atoms with Gasteiger partial charge in [-0.1, -0.05) is 12.1 Å². The number of ether oxygens (including phenoxy) is 1. The SMILES string of the molecule is CC(c1ccc(N)cc1)N1CCCN(C(=O)OC(C)(C)C)CC1. The first-order valence-electron chi connectivity index (χ1n) is 8.34. The first-order valence-corrected chi connectivity index (χ1v) is 8.34. The van der Waals surface area contributed by atoms with E-state index in [4.69, 9.17) is 10.5 Å². The summed E-state index contributed by atoms with van der Waals surface area (Å²) in [6.45, 7) is 11.2. The van der Waals surface area contributed by atoms with Gasteiger partial charge in [0.2, 0.25) is 0 Å². The van der Waals surface area contributed by atoms with Gasteiger partial charge in [-0.3, -0.25) is 4.90 Å². The lowest BCUT2D eigenvalue weighted by Gasteiger charge is -2.29. The van der Waals surface area contributed by atoms with Gasteiger partial charge in [-0.05, 0) is 51.8 Å². The average Bonchev–Trinajstić information content (AvgIpc) is 2.71. The molecule has 0 aliphatic carbocycles. The quantitative estimate of drug-likeness (QED) is 0.850. The van der Waals surface area contributed by atoms with Crippen molar-refractivity contribution in [2.24, 2.45) is 0 Å². The topological polar surface area (TPSA) is 58.8 Å². The number of hydrogen-bond donors (Lipinski definition) is 1. The Morgan fingerprint density at radius 3 is 2.39 bits per heavy atom. The van der Waals surface area contributed by atoms with E-state index in [1.807, 2.05) is 37.8 Å². The van der Waals surface area contributed by atoms with Crippen LogP contribution in [0.5, 0.6) is 0 Å². The minimum absolute atomic E-state index is 0.209. The van der Waals surface area contributed by atoms with Crippen LogP contribution < -0.4 is 5.73 Å². The number of nitrogens with two attached hydrogens (primary N) is 1. The third-order valence-electron chi connectivity index (χ3n) is 4.15. The molecule has 1 saturated heterocycles. The molecule has 0 bridgehead atoms. The van der Waals surface area contributed by atoms with Crippen LogP contribution in [0.3, 0.4) is 0 Å². The van der Waals surface area contributed by atoms with Crippen molar-refractivity contribution in [1.82, 2.24) is 9.80 Å². The van der Waals surface area contributed by atoms with E-state index in [-0.39, 0.29) is 6.09 Å². The predicted molar refractivity (Wildman–Crippen MR) is 93.3 cm³/mol. The highest BCUT2D eigenvalue weighted by Gasteiger charge is 2.26. The lowest BCUT2D eigenvalue weighted by Crippen LogP contribution is -2.39. The normalized spacial score (nSPS) is 18.3. The van der Waals surface area contributed by atoms with Gasteiger partial charge in [0.15, 0.2) is 0 Å². The first-order chi connectivity index (χ1) is 10.8. The minimum atomic E-state index is -0.444. The molecule has 0 spiro atoms. The van der Waals surface area contributed by atoms with Crippen LogP contribution in [-0.4, -0.2) is 47.7 Å². The highest BCUT2D eigenvalue weighted by atomic mass is 16.6. The van der Waals surface area contributed by atoms with Crippen molar-refractivity contribution in [3.05, 3.63) is 29.8 Å². The molecule has 1 aliphatic heterocycles. The maximum atomic E-state index is 12.2. The Labute approximate surface area is 139 Å². The zero-order valence-corrected chi connectivity index (χ0v) is 14.7. The Hall–Kier alpha value is -1.75. The Balaban J connectivity index is 1.95. The number of hydrogen-bond acceptors (Lipinski definition) is 4. The van der Waals surface area contributed by atoms with Gasteiger partial charge in [0.1, 0.15) is 5.60 Å². The van der Waals surface area contributed by atoms with Crippen molar-refractivity contribution >= 4 is 11.8 Å². The largest absolute Gasteiger partial charge is 0.444 e. The van der Waals surface area contributed by atoms with Gasteiger partial charge in [-0.2, -0.15) is 0 Å². The Morgan fingerprint density at radius 1 is 1.13 bits per heavy atom. The second-order valence-electron chi connectivity index (χ2n) is 7.20. The number of carbonyl (C=O) groups is 1. The molecule has 1 aliphatic rings. The molecule has 1 unspecified atom stereocenters. The number of benzene rings is 1. The van der Waals surface area contributed by atoms with Gasteiger partial charge in [0.25, 0.3) is 0 Å². The summed E-state index contributed by atoms with van der Waals surface area (Å²) in [5, 5.41) is 0. The fraction of sp³-hybridized carbons (Fsp3) is 0.611. The molecular weight excluding hydrogens is 290 g/mol. The molecule has 0 radical (unpaired) electrons. The predicted octanol–water partition coefficient (Wildman–Crippen LogP) is 3.27. The number of nitrogen functional groups attached to an aromatic ring is 1. The molecule has 2 rings (SSSR count). The van der Waals surface area contributed by atoms with Crippen molar-refractivity contribution in [1.29, 1.82) is 0 Å². The van der Waals surface area contributed by atoms with Gasteiger partial charge in [0, 0.05) is 37.9 Å². The van der Waals surface area contributed by atoms with Crippen LogP contribution in [0.4, 0.5) is 10.5 Å². The summed E-state index contributed by atoms with van der Waals surface area (Å²) in [6.07, 6.45) is 0.748. The summed E-state index contributed by atoms with van der Waals surface area (Å²) in [5.41, 5.74) is 7.36. The van der Waals surface area contributed by atoms with Gasteiger partial charge >= 0.3 is 6.09 Å². The lowest BCUT2D eigenvalue weighted by atomic mass is 10.1. The van der Waals surface area contributed by atoms with Gasteiger partial charge in [-0.15, -0.1) is 0 Å². The van der Waals surface area contributed by atoms with Crippen LogP contribution in [0.2, 0.25) is 0 Å². The lowest BCUT2D eigenvalue weighted by molar-refractivity contribution is 0.0255. The maximum absolute atomic E-state index is 12.2. The fourth-order valence-electron chi connectivity index (χ4n) is 2.82. The van der Waals surface area contributed by atoms with E-state index in [0.717, 1.165) is 31.7 Å². The van der Waals surface area contributed by atoms with E-state index in [0.29, 0.717) is 12.6 Å². The molecule has 1 amide bonds. The third-order valence-corrected chi connectivity index (χ3v) is 4.15. The summed E-state index contributed by atoms with van der Waals surface area (Å²) >= 11 is 0. The van der Waals surface area contributed by atoms with E-state index >= 15 is 0 Å². The smallest absolute Gasteiger partial charge is 0.410 e. The molecule has 2 N–H and O–H groups in total. The van der Waals surface area contributed by atoms with Crippen molar-refractivity contribution in [2.45, 2.75) is 45.8 Å². The highest BCUT2D eigenvalue weighted by molar-refractivity contribution is 5.68. The zero-order valence-electron chi connectivity index (χ0n) is 14.7. The van der Waals surface area contributed by atoms with Crippen LogP contribution in [0.15, 0.2) is 24.3 Å². The number of nitrogens with zero attached hydrogens (tertiary/aromatic N) is 2. The molecule has 128 valence electrons. The molecule has 0 saturated carbocycles. The number of amides is 1. The summed E-state index contributed by atoms with van der Waals surface area (Å²) in [4.78, 5) is 16.5. The summed E-state index contributed by atoms with van der Waals surface area (Å²) < 4.78 is 5.48. The second-order valence-corrected chi connectivity index (χ2v) is 7.20. The van der Waals surface area contributed by atoms with Gasteiger partial charge in [0.05, 0.1) is 0 Å². The van der Waals surface area contributed by atoms with Crippen molar-refractivity contribution < 1.29 is 9.53 Å². The van der Waals surface area contributed by atoms with Crippen molar-refractivity contribution in [3.8, 4) is 0 Å². The minimum Gasteiger partial charge on any atom is -0.444 e. The van der Waals surface area contributed by atoms with Crippen LogP contribution in [0.25, 0.3) is 0 Å². The molecule has 1 heterocycles. The molecular formula is C18H29N3O2.